The fourth-order valence-electron chi connectivity index (χ4n) is 3.67. The first-order valence-electron chi connectivity index (χ1n) is 11.3. The number of halogens is 2. The first-order chi connectivity index (χ1) is 15.6. The van der Waals surface area contributed by atoms with Crippen molar-refractivity contribution < 1.29 is 13.9 Å². The van der Waals surface area contributed by atoms with Crippen LogP contribution in [0.5, 0.6) is 0 Å². The first kappa shape index (κ1) is 27.0. The van der Waals surface area contributed by atoms with Crippen LogP contribution in [-0.4, -0.2) is 56.1 Å². The number of hydrogen-bond donors (Lipinski definition) is 2. The van der Waals surface area contributed by atoms with Crippen LogP contribution in [0.4, 0.5) is 4.39 Å². The summed E-state index contributed by atoms with van der Waals surface area (Å²) < 4.78 is 19.6. The number of ether oxygens (including phenoxy) is 1. The highest BCUT2D eigenvalue weighted by molar-refractivity contribution is 14.0. The zero-order chi connectivity index (χ0) is 22.8. The third kappa shape index (κ3) is 8.58. The number of amides is 1. The van der Waals surface area contributed by atoms with Gasteiger partial charge in [-0.3, -0.25) is 9.79 Å². The van der Waals surface area contributed by atoms with Gasteiger partial charge in [0.1, 0.15) is 5.82 Å². The predicted molar refractivity (Wildman–Crippen MR) is 141 cm³/mol. The van der Waals surface area contributed by atoms with Crippen molar-refractivity contribution in [1.29, 1.82) is 0 Å². The van der Waals surface area contributed by atoms with Crippen LogP contribution in [0.3, 0.4) is 0 Å². The molecule has 1 aliphatic heterocycles. The van der Waals surface area contributed by atoms with E-state index in [1.165, 1.54) is 11.6 Å². The number of nitrogens with zero attached hydrogens (tertiary/aromatic N) is 2. The van der Waals surface area contributed by atoms with Crippen molar-refractivity contribution in [3.8, 4) is 0 Å². The Hall–Kier alpha value is -2.20. The van der Waals surface area contributed by atoms with Crippen LogP contribution in [0.25, 0.3) is 0 Å². The van der Waals surface area contributed by atoms with Gasteiger partial charge in [-0.25, -0.2) is 4.39 Å². The van der Waals surface area contributed by atoms with E-state index in [1.807, 2.05) is 25.1 Å². The maximum absolute atomic E-state index is 13.7. The summed E-state index contributed by atoms with van der Waals surface area (Å²) >= 11 is 0. The fourth-order valence-corrected chi connectivity index (χ4v) is 3.67. The maximum atomic E-state index is 13.7. The van der Waals surface area contributed by atoms with E-state index in [4.69, 9.17) is 4.74 Å². The lowest BCUT2D eigenvalue weighted by atomic mass is 10.1. The number of guanidine groups is 1. The van der Waals surface area contributed by atoms with Crippen molar-refractivity contribution in [3.63, 3.8) is 0 Å². The minimum absolute atomic E-state index is 0. The summed E-state index contributed by atoms with van der Waals surface area (Å²) in [5, 5.41) is 6.14. The zero-order valence-electron chi connectivity index (χ0n) is 19.4. The van der Waals surface area contributed by atoms with Crippen molar-refractivity contribution in [2.75, 3.05) is 39.3 Å². The SMILES string of the molecule is CCNC(=NCCNC(=O)c1ccc(C)c(F)c1)N1CCC(COCc2ccccc2)C1.I. The molecule has 6 nitrogen and oxygen atoms in total. The quantitative estimate of drug-likeness (QED) is 0.208. The topological polar surface area (TPSA) is 66.0 Å². The van der Waals surface area contributed by atoms with Gasteiger partial charge in [0, 0.05) is 37.7 Å². The first-order valence-corrected chi connectivity index (χ1v) is 11.3. The highest BCUT2D eigenvalue weighted by Crippen LogP contribution is 2.17. The van der Waals surface area contributed by atoms with E-state index in [1.54, 1.807) is 19.1 Å². The van der Waals surface area contributed by atoms with Crippen LogP contribution in [0.15, 0.2) is 53.5 Å². The van der Waals surface area contributed by atoms with E-state index in [0.29, 0.717) is 36.7 Å². The van der Waals surface area contributed by atoms with Crippen molar-refractivity contribution in [2.24, 2.45) is 10.9 Å². The Bertz CT molecular complexity index is 911. The second kappa shape index (κ2) is 14.1. The summed E-state index contributed by atoms with van der Waals surface area (Å²) in [5.41, 5.74) is 2.03. The van der Waals surface area contributed by atoms with Crippen LogP contribution in [0.2, 0.25) is 0 Å². The number of rotatable bonds is 9. The molecule has 0 saturated carbocycles. The molecule has 0 radical (unpaired) electrons. The van der Waals surface area contributed by atoms with E-state index in [9.17, 15) is 9.18 Å². The third-order valence-corrected chi connectivity index (χ3v) is 5.48. The Balaban J connectivity index is 0.00000385. The molecule has 1 fully saturated rings. The minimum atomic E-state index is -0.374. The molecule has 2 aromatic carbocycles. The van der Waals surface area contributed by atoms with E-state index in [0.717, 1.165) is 38.6 Å². The van der Waals surface area contributed by atoms with E-state index < -0.39 is 0 Å². The third-order valence-electron chi connectivity index (χ3n) is 5.48. The van der Waals surface area contributed by atoms with Crippen molar-refractivity contribution in [2.45, 2.75) is 26.9 Å². The molecule has 0 aliphatic carbocycles. The lowest BCUT2D eigenvalue weighted by Gasteiger charge is -2.21. The fraction of sp³-hybridized carbons (Fsp3) is 0.440. The van der Waals surface area contributed by atoms with E-state index in [2.05, 4.69) is 32.7 Å². The molecule has 33 heavy (non-hydrogen) atoms. The van der Waals surface area contributed by atoms with Gasteiger partial charge in [0.2, 0.25) is 0 Å². The second-order valence-electron chi connectivity index (χ2n) is 8.06. The van der Waals surface area contributed by atoms with Gasteiger partial charge in [-0.1, -0.05) is 36.4 Å². The lowest BCUT2D eigenvalue weighted by molar-refractivity contribution is 0.0906. The van der Waals surface area contributed by atoms with Crippen LogP contribution in [-0.2, 0) is 11.3 Å². The van der Waals surface area contributed by atoms with E-state index in [-0.39, 0.29) is 35.7 Å². The molecular weight excluding hydrogens is 534 g/mol. The number of aryl methyl sites for hydroxylation is 1. The number of likely N-dealkylation sites (tertiary alicyclic amines) is 1. The molecule has 3 rings (SSSR count). The summed E-state index contributed by atoms with van der Waals surface area (Å²) in [6.07, 6.45) is 1.06. The number of carbonyl (C=O) groups is 1. The van der Waals surface area contributed by atoms with Gasteiger partial charge in [0.15, 0.2) is 5.96 Å². The summed E-state index contributed by atoms with van der Waals surface area (Å²) in [7, 11) is 0. The molecule has 2 N–H and O–H groups in total. The van der Waals surface area contributed by atoms with Gasteiger partial charge >= 0.3 is 0 Å². The normalized spacial score (nSPS) is 15.8. The van der Waals surface area contributed by atoms with Crippen molar-refractivity contribution in [1.82, 2.24) is 15.5 Å². The number of carbonyl (C=O) groups excluding carboxylic acids is 1. The van der Waals surface area contributed by atoms with Crippen LogP contribution in [0, 0.1) is 18.7 Å². The largest absolute Gasteiger partial charge is 0.376 e. The van der Waals surface area contributed by atoms with Crippen LogP contribution < -0.4 is 10.6 Å². The Kier molecular flexibility index (Phi) is 11.6. The molecule has 1 unspecified atom stereocenters. The van der Waals surface area contributed by atoms with Gasteiger partial charge in [0.25, 0.3) is 5.91 Å². The van der Waals surface area contributed by atoms with Crippen molar-refractivity contribution in [3.05, 3.63) is 71.0 Å². The van der Waals surface area contributed by atoms with Gasteiger partial charge in [-0.05, 0) is 43.5 Å². The Labute approximate surface area is 213 Å². The molecule has 0 bridgehead atoms. The van der Waals surface area contributed by atoms with Crippen LogP contribution >= 0.6 is 24.0 Å². The second-order valence-corrected chi connectivity index (χ2v) is 8.06. The van der Waals surface area contributed by atoms with Gasteiger partial charge in [-0.2, -0.15) is 0 Å². The maximum Gasteiger partial charge on any atom is 0.251 e. The smallest absolute Gasteiger partial charge is 0.251 e. The molecule has 1 heterocycles. The molecule has 1 saturated heterocycles. The molecule has 0 spiro atoms. The summed E-state index contributed by atoms with van der Waals surface area (Å²) in [6.45, 7) is 8.53. The zero-order valence-corrected chi connectivity index (χ0v) is 21.7. The summed E-state index contributed by atoms with van der Waals surface area (Å²) in [6, 6.07) is 14.7. The number of hydrogen-bond acceptors (Lipinski definition) is 3. The minimum Gasteiger partial charge on any atom is -0.376 e. The average Bonchev–Trinajstić information content (AvgIpc) is 3.27. The molecule has 1 amide bonds. The molecule has 8 heteroatoms. The summed E-state index contributed by atoms with van der Waals surface area (Å²) in [5.74, 6) is 0.662. The number of nitrogens with one attached hydrogen (secondary N) is 2. The molecular formula is C25H34FIN4O2. The molecule has 0 aromatic heterocycles. The molecule has 1 atom stereocenters. The van der Waals surface area contributed by atoms with Gasteiger partial charge in [-0.15, -0.1) is 24.0 Å². The van der Waals surface area contributed by atoms with E-state index >= 15 is 0 Å². The molecule has 2 aromatic rings. The van der Waals surface area contributed by atoms with Gasteiger partial charge < -0.3 is 20.3 Å². The summed E-state index contributed by atoms with van der Waals surface area (Å²) in [4.78, 5) is 19.1. The van der Waals surface area contributed by atoms with Gasteiger partial charge in [0.05, 0.1) is 19.8 Å². The highest BCUT2D eigenvalue weighted by atomic mass is 127. The number of aliphatic imine (C=N–C) groups is 1. The van der Waals surface area contributed by atoms with Crippen LogP contribution in [0.1, 0.15) is 34.8 Å². The highest BCUT2D eigenvalue weighted by Gasteiger charge is 2.25. The Morgan fingerprint density at radius 2 is 2.00 bits per heavy atom. The lowest BCUT2D eigenvalue weighted by Crippen LogP contribution is -2.40. The standard InChI is InChI=1S/C25H33FN4O2.HI/c1-3-27-25(29-13-12-28-24(31)22-10-9-19(2)23(26)15-22)30-14-11-21(16-30)18-32-17-20-7-5-4-6-8-20;/h4-10,15,21H,3,11-14,16-18H2,1-2H3,(H,27,29)(H,28,31);1H. The average molecular weight is 568 g/mol. The Morgan fingerprint density at radius 1 is 1.21 bits per heavy atom. The number of benzene rings is 2. The Morgan fingerprint density at radius 3 is 2.73 bits per heavy atom. The molecule has 180 valence electrons. The predicted octanol–water partition coefficient (Wildman–Crippen LogP) is 3.99. The van der Waals surface area contributed by atoms with Crippen molar-refractivity contribution >= 4 is 35.8 Å². The molecule has 1 aliphatic rings. The monoisotopic (exact) mass is 568 g/mol.